The van der Waals surface area contributed by atoms with Crippen molar-refractivity contribution < 1.29 is 36.6 Å². The van der Waals surface area contributed by atoms with Crippen LogP contribution in [0.2, 0.25) is 0 Å². The Labute approximate surface area is 212 Å². The second kappa shape index (κ2) is 9.26. The lowest BCUT2D eigenvalue weighted by Crippen LogP contribution is -2.53. The molecule has 1 aromatic carbocycles. The fraction of sp³-hybridized carbons (Fsp3) is 0.435. The van der Waals surface area contributed by atoms with Gasteiger partial charge >= 0.3 is 6.29 Å². The molecule has 14 heteroatoms. The molecule has 1 saturated heterocycles. The highest BCUT2D eigenvalue weighted by molar-refractivity contribution is 7.22. The molecule has 0 spiro atoms. The van der Waals surface area contributed by atoms with Crippen molar-refractivity contribution in [1.29, 1.82) is 0 Å². The maximum Gasteiger partial charge on any atom is 0.586 e. The van der Waals surface area contributed by atoms with Gasteiger partial charge in [-0.3, -0.25) is 9.69 Å². The molecule has 2 aliphatic rings. The van der Waals surface area contributed by atoms with E-state index in [4.69, 9.17) is 0 Å². The van der Waals surface area contributed by atoms with E-state index in [1.54, 1.807) is 18.9 Å². The fourth-order valence-electron chi connectivity index (χ4n) is 4.61. The summed E-state index contributed by atoms with van der Waals surface area (Å²) in [4.78, 5) is 18.9. The number of nitrogens with one attached hydrogen (secondary N) is 2. The summed E-state index contributed by atoms with van der Waals surface area (Å²) in [6, 6.07) is 4.83. The lowest BCUT2D eigenvalue weighted by atomic mass is 9.85. The first kappa shape index (κ1) is 25.4. The monoisotopic (exact) mass is 541 g/mol. The largest absolute Gasteiger partial charge is 0.618 e. The molecular weight excluding hydrogens is 518 g/mol. The van der Waals surface area contributed by atoms with Crippen LogP contribution in [0.3, 0.4) is 0 Å². The number of thiazole rings is 1. The number of hydrogen-bond donors (Lipinski definition) is 2. The first-order valence-corrected chi connectivity index (χ1v) is 12.3. The van der Waals surface area contributed by atoms with Gasteiger partial charge in [-0.2, -0.15) is 4.73 Å². The molecule has 0 unspecified atom stereocenters. The Hall–Kier alpha value is -3.23. The van der Waals surface area contributed by atoms with E-state index in [0.29, 0.717) is 14.9 Å². The number of ether oxygens (including phenoxy) is 2. The normalized spacial score (nSPS) is 21.2. The number of likely N-dealkylation sites (tertiary alicyclic amines) is 1. The molecule has 2 aromatic heterocycles. The summed E-state index contributed by atoms with van der Waals surface area (Å²) in [5, 5.41) is 18.0. The van der Waals surface area contributed by atoms with Crippen LogP contribution in [0.5, 0.6) is 11.5 Å². The molecule has 1 amide bonds. The smallest absolute Gasteiger partial charge is 0.586 e. The van der Waals surface area contributed by atoms with Crippen LogP contribution >= 0.6 is 11.3 Å². The van der Waals surface area contributed by atoms with Gasteiger partial charge in [-0.25, -0.2) is 13.8 Å². The van der Waals surface area contributed by atoms with Crippen LogP contribution in [0.4, 0.5) is 22.7 Å². The Morgan fingerprint density at radius 1 is 1.32 bits per heavy atom. The number of amides is 1. The number of aromatic nitrogens is 2. The summed E-state index contributed by atoms with van der Waals surface area (Å²) in [5.41, 5.74) is 0.779. The molecular formula is C23H23F4N5O4S. The number of carbonyl (C=O) groups excluding carboxylic acids is 1. The minimum absolute atomic E-state index is 0.0148. The standard InChI is InChI=1S/C23H23F4N5O4S/c1-12(20(33)30-21-29-15-8-17-18(9-19(15)37-21)36-23(26,27)35-17)31-7-5-22(24,25)14(11-31)13-4-3-6-32(34)16(13)10-28-2/h3-4,6,8-9,12,14,28H,5,7,10-11H2,1-2H3,(H,29,30,33)/t12-,14-/m0/s1. The van der Waals surface area contributed by atoms with Crippen molar-refractivity contribution in [2.24, 2.45) is 0 Å². The van der Waals surface area contributed by atoms with Crippen LogP contribution in [0.25, 0.3) is 10.2 Å². The van der Waals surface area contributed by atoms with Crippen molar-refractivity contribution in [3.8, 4) is 11.5 Å². The molecule has 4 heterocycles. The Kier molecular flexibility index (Phi) is 6.36. The van der Waals surface area contributed by atoms with Crippen LogP contribution in [-0.2, 0) is 11.3 Å². The number of hydrogen-bond acceptors (Lipinski definition) is 8. The molecule has 0 radical (unpaired) electrons. The Morgan fingerprint density at radius 2 is 2.05 bits per heavy atom. The van der Waals surface area contributed by atoms with Crippen LogP contribution in [0.15, 0.2) is 30.5 Å². The number of fused-ring (bicyclic) bond motifs is 2. The van der Waals surface area contributed by atoms with E-state index in [-0.39, 0.29) is 47.5 Å². The van der Waals surface area contributed by atoms with Gasteiger partial charge in [-0.15, -0.1) is 8.78 Å². The fourth-order valence-corrected chi connectivity index (χ4v) is 5.49. The molecule has 198 valence electrons. The van der Waals surface area contributed by atoms with Gasteiger partial charge in [0.25, 0.3) is 5.92 Å². The first-order valence-electron chi connectivity index (χ1n) is 11.5. The zero-order valence-electron chi connectivity index (χ0n) is 19.8. The van der Waals surface area contributed by atoms with E-state index in [1.165, 1.54) is 30.5 Å². The number of alkyl halides is 4. The Morgan fingerprint density at radius 3 is 2.78 bits per heavy atom. The van der Waals surface area contributed by atoms with E-state index in [1.807, 2.05) is 0 Å². The third-order valence-electron chi connectivity index (χ3n) is 6.54. The van der Waals surface area contributed by atoms with Crippen molar-refractivity contribution >= 4 is 32.6 Å². The second-order valence-corrected chi connectivity index (χ2v) is 9.97. The number of nitrogens with zero attached hydrogens (tertiary/aromatic N) is 3. The molecule has 37 heavy (non-hydrogen) atoms. The highest BCUT2D eigenvalue weighted by Crippen LogP contribution is 2.45. The molecule has 2 N–H and O–H groups in total. The van der Waals surface area contributed by atoms with Gasteiger partial charge in [0.2, 0.25) is 11.6 Å². The molecule has 0 aliphatic carbocycles. The van der Waals surface area contributed by atoms with Gasteiger partial charge in [0, 0.05) is 43.3 Å². The zero-order chi connectivity index (χ0) is 26.5. The molecule has 9 nitrogen and oxygen atoms in total. The van der Waals surface area contributed by atoms with E-state index < -0.39 is 36.5 Å². The predicted octanol–water partition coefficient (Wildman–Crippen LogP) is 3.42. The summed E-state index contributed by atoms with van der Waals surface area (Å²) >= 11 is 1.06. The van der Waals surface area contributed by atoms with Crippen LogP contribution < -0.4 is 24.8 Å². The summed E-state index contributed by atoms with van der Waals surface area (Å²) in [6.45, 7) is 1.59. The van der Waals surface area contributed by atoms with Crippen molar-refractivity contribution in [1.82, 2.24) is 15.2 Å². The number of piperidine rings is 1. The van der Waals surface area contributed by atoms with Crippen molar-refractivity contribution in [2.45, 2.75) is 44.1 Å². The van der Waals surface area contributed by atoms with Gasteiger partial charge < -0.3 is 25.3 Å². The zero-order valence-corrected chi connectivity index (χ0v) is 20.6. The number of anilines is 1. The number of pyridine rings is 1. The lowest BCUT2D eigenvalue weighted by Gasteiger charge is -2.40. The number of carbonyl (C=O) groups is 1. The summed E-state index contributed by atoms with van der Waals surface area (Å²) < 4.78 is 66.6. The van der Waals surface area contributed by atoms with Gasteiger partial charge in [-0.05, 0) is 20.0 Å². The summed E-state index contributed by atoms with van der Waals surface area (Å²) in [6.07, 6.45) is -2.95. The quantitative estimate of drug-likeness (QED) is 0.280. The third kappa shape index (κ3) is 4.88. The van der Waals surface area contributed by atoms with Crippen LogP contribution in [0.1, 0.15) is 30.5 Å². The minimum atomic E-state index is -3.75. The van der Waals surface area contributed by atoms with E-state index in [9.17, 15) is 18.8 Å². The highest BCUT2D eigenvalue weighted by Gasteiger charge is 2.48. The van der Waals surface area contributed by atoms with Crippen LogP contribution in [-0.4, -0.2) is 54.2 Å². The van der Waals surface area contributed by atoms with Gasteiger partial charge in [0.05, 0.1) is 28.7 Å². The minimum Gasteiger partial charge on any atom is -0.618 e. The highest BCUT2D eigenvalue weighted by atomic mass is 32.1. The number of rotatable bonds is 6. The Balaban J connectivity index is 1.32. The maximum atomic E-state index is 15.0. The van der Waals surface area contributed by atoms with Gasteiger partial charge in [0.1, 0.15) is 0 Å². The molecule has 5 rings (SSSR count). The topological polar surface area (TPSA) is 103 Å². The van der Waals surface area contributed by atoms with E-state index in [2.05, 4.69) is 25.1 Å². The molecule has 2 atom stereocenters. The summed E-state index contributed by atoms with van der Waals surface area (Å²) in [7, 11) is 1.62. The van der Waals surface area contributed by atoms with Gasteiger partial charge in [-0.1, -0.05) is 11.3 Å². The van der Waals surface area contributed by atoms with Crippen molar-refractivity contribution in [2.75, 3.05) is 25.5 Å². The molecule has 2 aliphatic heterocycles. The molecule has 1 fully saturated rings. The van der Waals surface area contributed by atoms with E-state index >= 15 is 8.78 Å². The number of halogens is 4. The predicted molar refractivity (Wildman–Crippen MR) is 126 cm³/mol. The average Bonchev–Trinajstić information content (AvgIpc) is 3.34. The molecule has 0 bridgehead atoms. The molecule has 3 aromatic rings. The van der Waals surface area contributed by atoms with E-state index in [0.717, 1.165) is 11.3 Å². The third-order valence-corrected chi connectivity index (χ3v) is 7.48. The van der Waals surface area contributed by atoms with Crippen LogP contribution in [0, 0.1) is 5.21 Å². The summed E-state index contributed by atoms with van der Waals surface area (Å²) in [5.74, 6) is -5.09. The lowest BCUT2D eigenvalue weighted by molar-refractivity contribution is -0.615. The molecule has 0 saturated carbocycles. The Bertz CT molecular complexity index is 1310. The average molecular weight is 542 g/mol. The van der Waals surface area contributed by atoms with Crippen molar-refractivity contribution in [3.63, 3.8) is 0 Å². The van der Waals surface area contributed by atoms with Gasteiger partial charge in [0.15, 0.2) is 22.8 Å². The second-order valence-electron chi connectivity index (χ2n) is 8.94. The number of benzene rings is 1. The first-order chi connectivity index (χ1) is 17.5. The maximum absolute atomic E-state index is 15.0. The SMILES string of the molecule is CNCc1c([C@@H]2CN([C@@H](C)C(=O)Nc3nc4cc5c(cc4s3)OC(F)(F)O5)CCC2(F)F)ccc[n+]1[O-]. The van der Waals surface area contributed by atoms with Crippen molar-refractivity contribution in [3.05, 3.63) is 46.9 Å².